The molecule has 6 heteroatoms. The zero-order valence-corrected chi connectivity index (χ0v) is 13.1. The number of hydrogen-bond acceptors (Lipinski definition) is 5. The van der Waals surface area contributed by atoms with Gasteiger partial charge in [0.25, 0.3) is 5.56 Å². The highest BCUT2D eigenvalue weighted by atomic mass is 32.2. The maximum absolute atomic E-state index is 11.5. The molecule has 0 bridgehead atoms. The summed E-state index contributed by atoms with van der Waals surface area (Å²) in [6.45, 7) is 6.50. The van der Waals surface area contributed by atoms with Crippen LogP contribution >= 0.6 is 11.8 Å². The van der Waals surface area contributed by atoms with E-state index in [1.54, 1.807) is 0 Å². The lowest BCUT2D eigenvalue weighted by molar-refractivity contribution is -0.140. The number of unbranched alkanes of at least 4 members (excludes halogenated alkanes) is 2. The smallest absolute Gasteiger partial charge is 0.316 e. The number of carbonyl (C=O) groups excluding carboxylic acids is 1. The summed E-state index contributed by atoms with van der Waals surface area (Å²) in [7, 11) is 0. The molecular formula is C14H22N2O3S. The Morgan fingerprint density at radius 3 is 2.85 bits per heavy atom. The van der Waals surface area contributed by atoms with Crippen molar-refractivity contribution in [1.29, 1.82) is 0 Å². The van der Waals surface area contributed by atoms with Crippen LogP contribution in [0.1, 0.15) is 51.6 Å². The quantitative estimate of drug-likeness (QED) is 0.346. The van der Waals surface area contributed by atoms with Crippen molar-refractivity contribution in [2.45, 2.75) is 51.1 Å². The van der Waals surface area contributed by atoms with Crippen molar-refractivity contribution in [2.24, 2.45) is 0 Å². The van der Waals surface area contributed by atoms with Crippen molar-refractivity contribution >= 4 is 17.7 Å². The van der Waals surface area contributed by atoms with Gasteiger partial charge in [-0.25, -0.2) is 4.98 Å². The summed E-state index contributed by atoms with van der Waals surface area (Å²) in [4.78, 5) is 29.9. The minimum absolute atomic E-state index is 0.163. The topological polar surface area (TPSA) is 72.0 Å². The number of thioether (sulfide) groups is 1. The van der Waals surface area contributed by atoms with Crippen LogP contribution in [0.5, 0.6) is 0 Å². The van der Waals surface area contributed by atoms with Crippen molar-refractivity contribution in [3.8, 4) is 0 Å². The summed E-state index contributed by atoms with van der Waals surface area (Å²) in [6.07, 6.45) is 3.05. The predicted octanol–water partition coefficient (Wildman–Crippen LogP) is 2.72. The second kappa shape index (κ2) is 8.79. The zero-order chi connectivity index (χ0) is 15.0. The van der Waals surface area contributed by atoms with Crippen LogP contribution in [-0.2, 0) is 9.53 Å². The van der Waals surface area contributed by atoms with E-state index in [-0.39, 0.29) is 23.2 Å². The first-order valence-electron chi connectivity index (χ1n) is 6.92. The Hall–Kier alpha value is -1.30. The third-order valence-electron chi connectivity index (χ3n) is 2.67. The molecule has 0 fully saturated rings. The molecule has 0 saturated carbocycles. The summed E-state index contributed by atoms with van der Waals surface area (Å²) in [6, 6.07) is 1.48. The molecule has 0 saturated heterocycles. The van der Waals surface area contributed by atoms with E-state index in [1.807, 2.05) is 13.8 Å². The summed E-state index contributed by atoms with van der Waals surface area (Å²) in [5, 5.41) is 0.465. The molecule has 0 atom stereocenters. The third-order valence-corrected chi connectivity index (χ3v) is 3.52. The van der Waals surface area contributed by atoms with E-state index in [2.05, 4.69) is 16.9 Å². The number of esters is 1. The van der Waals surface area contributed by atoms with E-state index in [9.17, 15) is 9.59 Å². The molecule has 0 aliphatic rings. The number of aromatic amines is 1. The number of hydrogen-bond donors (Lipinski definition) is 1. The van der Waals surface area contributed by atoms with E-state index in [0.717, 1.165) is 25.0 Å². The highest BCUT2D eigenvalue weighted by Gasteiger charge is 2.09. The molecule has 20 heavy (non-hydrogen) atoms. The van der Waals surface area contributed by atoms with Gasteiger partial charge in [0.2, 0.25) is 0 Å². The van der Waals surface area contributed by atoms with Gasteiger partial charge in [-0.3, -0.25) is 9.59 Å². The molecule has 1 rings (SSSR count). The van der Waals surface area contributed by atoms with Crippen molar-refractivity contribution < 1.29 is 9.53 Å². The summed E-state index contributed by atoms with van der Waals surface area (Å²) in [5.41, 5.74) is 0.537. The van der Waals surface area contributed by atoms with Crippen LogP contribution in [0.2, 0.25) is 0 Å². The van der Waals surface area contributed by atoms with Crippen LogP contribution in [0, 0.1) is 0 Å². The minimum Gasteiger partial charge on any atom is -0.465 e. The van der Waals surface area contributed by atoms with Gasteiger partial charge in [0.15, 0.2) is 5.16 Å². The van der Waals surface area contributed by atoms with Gasteiger partial charge in [0.1, 0.15) is 0 Å². The van der Waals surface area contributed by atoms with Crippen LogP contribution in [0.4, 0.5) is 0 Å². The molecule has 0 unspecified atom stereocenters. The monoisotopic (exact) mass is 298 g/mol. The number of H-pyrrole nitrogens is 1. The molecule has 0 spiro atoms. The molecule has 1 heterocycles. The normalized spacial score (nSPS) is 10.8. The van der Waals surface area contributed by atoms with E-state index in [1.165, 1.54) is 17.8 Å². The lowest BCUT2D eigenvalue weighted by atomic mass is 10.1. The second-order valence-corrected chi connectivity index (χ2v) is 5.81. The minimum atomic E-state index is -0.274. The van der Waals surface area contributed by atoms with Crippen molar-refractivity contribution in [1.82, 2.24) is 9.97 Å². The lowest BCUT2D eigenvalue weighted by Crippen LogP contribution is -2.13. The molecule has 0 aliphatic heterocycles. The number of rotatable bonds is 8. The first-order valence-corrected chi connectivity index (χ1v) is 7.91. The Morgan fingerprint density at radius 2 is 2.20 bits per heavy atom. The maximum atomic E-state index is 11.5. The number of carbonyl (C=O) groups is 1. The Labute approximate surface area is 123 Å². The summed E-state index contributed by atoms with van der Waals surface area (Å²) in [5.74, 6) is 0.0673. The Kier molecular flexibility index (Phi) is 7.36. The fourth-order valence-corrected chi connectivity index (χ4v) is 2.21. The van der Waals surface area contributed by atoms with Crippen LogP contribution in [0.15, 0.2) is 16.0 Å². The van der Waals surface area contributed by atoms with Gasteiger partial charge in [-0.05, 0) is 12.3 Å². The molecule has 1 N–H and O–H groups in total. The maximum Gasteiger partial charge on any atom is 0.316 e. The van der Waals surface area contributed by atoms with E-state index < -0.39 is 0 Å². The molecular weight excluding hydrogens is 276 g/mol. The van der Waals surface area contributed by atoms with Crippen LogP contribution in [-0.4, -0.2) is 28.3 Å². The molecule has 0 amide bonds. The van der Waals surface area contributed by atoms with Gasteiger partial charge in [-0.2, -0.15) is 0 Å². The van der Waals surface area contributed by atoms with E-state index in [0.29, 0.717) is 11.8 Å². The summed E-state index contributed by atoms with van der Waals surface area (Å²) < 4.78 is 5.09. The Bertz CT molecular complexity index is 486. The number of aromatic nitrogens is 2. The van der Waals surface area contributed by atoms with E-state index >= 15 is 0 Å². The second-order valence-electron chi connectivity index (χ2n) is 4.85. The number of nitrogens with zero attached hydrogens (tertiary/aromatic N) is 1. The van der Waals surface area contributed by atoms with Crippen LogP contribution in [0.3, 0.4) is 0 Å². The van der Waals surface area contributed by atoms with Gasteiger partial charge in [0.05, 0.1) is 18.1 Å². The van der Waals surface area contributed by atoms with Gasteiger partial charge in [-0.1, -0.05) is 45.4 Å². The molecule has 0 aromatic carbocycles. The van der Waals surface area contributed by atoms with Crippen LogP contribution in [0.25, 0.3) is 0 Å². The highest BCUT2D eigenvalue weighted by Crippen LogP contribution is 2.15. The fraction of sp³-hybridized carbons (Fsp3) is 0.643. The summed E-state index contributed by atoms with van der Waals surface area (Å²) >= 11 is 1.20. The molecule has 112 valence electrons. The largest absolute Gasteiger partial charge is 0.465 e. The van der Waals surface area contributed by atoms with Crippen LogP contribution < -0.4 is 5.56 Å². The number of nitrogens with one attached hydrogen (secondary N) is 1. The Balaban J connectivity index is 2.45. The first kappa shape index (κ1) is 16.8. The Morgan fingerprint density at radius 1 is 1.45 bits per heavy atom. The first-order chi connectivity index (χ1) is 9.52. The predicted molar refractivity (Wildman–Crippen MR) is 80.2 cm³/mol. The molecule has 5 nitrogen and oxygen atoms in total. The van der Waals surface area contributed by atoms with E-state index in [4.69, 9.17) is 4.74 Å². The van der Waals surface area contributed by atoms with Gasteiger partial charge in [0, 0.05) is 6.07 Å². The van der Waals surface area contributed by atoms with Gasteiger partial charge < -0.3 is 9.72 Å². The number of ether oxygens (including phenoxy) is 1. The molecule has 1 aromatic heterocycles. The standard InChI is InChI=1S/C14H22N2O3S/c1-4-5-6-7-19-13(18)9-20-14-15-11(10(2)3)8-12(17)16-14/h8,10H,4-7,9H2,1-3H3,(H,15,16,17). The average molecular weight is 298 g/mol. The van der Waals surface area contributed by atoms with Crippen molar-refractivity contribution in [3.63, 3.8) is 0 Å². The average Bonchev–Trinajstić information content (AvgIpc) is 2.40. The molecule has 0 radical (unpaired) electrons. The van der Waals surface area contributed by atoms with Gasteiger partial charge in [-0.15, -0.1) is 0 Å². The zero-order valence-electron chi connectivity index (χ0n) is 12.3. The SMILES string of the molecule is CCCCCOC(=O)CSc1nc(C(C)C)cc(=O)[nH]1. The van der Waals surface area contributed by atoms with Crippen molar-refractivity contribution in [2.75, 3.05) is 12.4 Å². The fourth-order valence-electron chi connectivity index (χ4n) is 1.52. The highest BCUT2D eigenvalue weighted by molar-refractivity contribution is 7.99. The van der Waals surface area contributed by atoms with Crippen molar-refractivity contribution in [3.05, 3.63) is 22.1 Å². The van der Waals surface area contributed by atoms with Gasteiger partial charge >= 0.3 is 5.97 Å². The lowest BCUT2D eigenvalue weighted by Gasteiger charge is -2.06. The molecule has 1 aromatic rings. The molecule has 0 aliphatic carbocycles. The third kappa shape index (κ3) is 6.23.